The predicted molar refractivity (Wildman–Crippen MR) is 53.4 cm³/mol. The van der Waals surface area contributed by atoms with Crippen LogP contribution in [-0.2, 0) is 14.3 Å². The summed E-state index contributed by atoms with van der Waals surface area (Å²) in [6, 6.07) is -0.0400. The van der Waals surface area contributed by atoms with Crippen LogP contribution < -0.4 is 0 Å². The number of carboxylic acid groups (broad SMARTS) is 1. The Balaban J connectivity index is 2.49. The summed E-state index contributed by atoms with van der Waals surface area (Å²) < 4.78 is 5.21. The molecule has 2 unspecified atom stereocenters. The second-order valence-electron chi connectivity index (χ2n) is 3.79. The predicted octanol–water partition coefficient (Wildman–Crippen LogP) is 0.344. The van der Waals surface area contributed by atoms with Crippen molar-refractivity contribution in [2.24, 2.45) is 5.92 Å². The van der Waals surface area contributed by atoms with Crippen LogP contribution in [0.25, 0.3) is 0 Å². The Morgan fingerprint density at radius 2 is 2.40 bits per heavy atom. The lowest BCUT2D eigenvalue weighted by atomic mass is 10.1. The molecule has 1 rings (SSSR count). The first-order valence-corrected chi connectivity index (χ1v) is 5.16. The van der Waals surface area contributed by atoms with Crippen LogP contribution >= 0.6 is 0 Å². The number of hydrogen-bond donors (Lipinski definition) is 1. The van der Waals surface area contributed by atoms with Gasteiger partial charge in [-0.2, -0.15) is 0 Å². The number of nitrogens with zero attached hydrogens (tertiary/aromatic N) is 1. The molecule has 0 bridgehead atoms. The molecule has 0 saturated carbocycles. The molecule has 0 aromatic carbocycles. The maximum atomic E-state index is 11.5. The highest BCUT2D eigenvalue weighted by Crippen LogP contribution is 2.20. The third-order valence-electron chi connectivity index (χ3n) is 2.60. The number of carboxylic acids is 1. The van der Waals surface area contributed by atoms with Gasteiger partial charge in [-0.1, -0.05) is 0 Å². The van der Waals surface area contributed by atoms with E-state index in [1.54, 1.807) is 4.90 Å². The van der Waals surface area contributed by atoms with Crippen molar-refractivity contribution in [3.8, 4) is 0 Å². The third kappa shape index (κ3) is 2.92. The van der Waals surface area contributed by atoms with Crippen molar-refractivity contribution >= 4 is 11.9 Å². The molecule has 86 valence electrons. The van der Waals surface area contributed by atoms with E-state index in [1.807, 2.05) is 13.8 Å². The minimum Gasteiger partial charge on any atom is -0.481 e. The molecule has 5 nitrogen and oxygen atoms in total. The van der Waals surface area contributed by atoms with E-state index in [9.17, 15) is 9.59 Å². The highest BCUT2D eigenvalue weighted by Gasteiger charge is 2.36. The van der Waals surface area contributed by atoms with Gasteiger partial charge in [0.2, 0.25) is 5.91 Å². The van der Waals surface area contributed by atoms with Gasteiger partial charge in [-0.25, -0.2) is 0 Å². The van der Waals surface area contributed by atoms with E-state index in [1.165, 1.54) is 0 Å². The van der Waals surface area contributed by atoms with Crippen molar-refractivity contribution in [3.63, 3.8) is 0 Å². The first kappa shape index (κ1) is 12.0. The molecule has 5 heteroatoms. The number of carbonyl (C=O) groups is 2. The van der Waals surface area contributed by atoms with Crippen LogP contribution in [-0.4, -0.2) is 47.7 Å². The molecule has 1 fully saturated rings. The van der Waals surface area contributed by atoms with Gasteiger partial charge < -0.3 is 14.7 Å². The van der Waals surface area contributed by atoms with Crippen LogP contribution in [0.15, 0.2) is 0 Å². The van der Waals surface area contributed by atoms with Gasteiger partial charge in [-0.3, -0.25) is 9.59 Å². The molecule has 0 spiro atoms. The zero-order valence-corrected chi connectivity index (χ0v) is 9.10. The molecule has 15 heavy (non-hydrogen) atoms. The molecule has 0 aromatic heterocycles. The summed E-state index contributed by atoms with van der Waals surface area (Å²) in [5.74, 6) is -1.54. The smallest absolute Gasteiger partial charge is 0.308 e. The van der Waals surface area contributed by atoms with Gasteiger partial charge >= 0.3 is 5.97 Å². The normalized spacial score (nSPS) is 23.2. The zero-order chi connectivity index (χ0) is 11.4. The van der Waals surface area contributed by atoms with Crippen LogP contribution in [0.1, 0.15) is 20.3 Å². The highest BCUT2D eigenvalue weighted by molar-refractivity contribution is 5.86. The molecule has 0 aliphatic carbocycles. The van der Waals surface area contributed by atoms with Gasteiger partial charge in [0.05, 0.1) is 18.6 Å². The summed E-state index contributed by atoms with van der Waals surface area (Å²) >= 11 is 0. The molecule has 0 aromatic rings. The van der Waals surface area contributed by atoms with Crippen molar-refractivity contribution in [3.05, 3.63) is 0 Å². The van der Waals surface area contributed by atoms with Crippen molar-refractivity contribution in [1.82, 2.24) is 4.90 Å². The summed E-state index contributed by atoms with van der Waals surface area (Å²) in [5.41, 5.74) is 0. The molecular weight excluding hydrogens is 198 g/mol. The van der Waals surface area contributed by atoms with Crippen LogP contribution in [0.2, 0.25) is 0 Å². The molecular formula is C10H17NO4. The fourth-order valence-corrected chi connectivity index (χ4v) is 1.70. The average Bonchev–Trinajstić information content (AvgIpc) is 2.57. The van der Waals surface area contributed by atoms with Crippen molar-refractivity contribution < 1.29 is 19.4 Å². The van der Waals surface area contributed by atoms with Gasteiger partial charge in [0, 0.05) is 19.6 Å². The number of rotatable bonds is 5. The number of aliphatic carboxylic acids is 1. The third-order valence-corrected chi connectivity index (χ3v) is 2.60. The first-order valence-electron chi connectivity index (χ1n) is 5.16. The Morgan fingerprint density at radius 3 is 2.87 bits per heavy atom. The Bertz CT molecular complexity index is 254. The Morgan fingerprint density at radius 1 is 1.73 bits per heavy atom. The number of amides is 1. The van der Waals surface area contributed by atoms with Gasteiger partial charge in [0.1, 0.15) is 0 Å². The lowest BCUT2D eigenvalue weighted by Gasteiger charge is -2.24. The second-order valence-corrected chi connectivity index (χ2v) is 3.79. The number of carbonyl (C=O) groups excluding carboxylic acids is 1. The molecule has 1 aliphatic heterocycles. The van der Waals surface area contributed by atoms with Crippen LogP contribution in [0.5, 0.6) is 0 Å². The van der Waals surface area contributed by atoms with Crippen LogP contribution in [0.4, 0.5) is 0 Å². The largest absolute Gasteiger partial charge is 0.481 e. The summed E-state index contributed by atoms with van der Waals surface area (Å²) in [6.45, 7) is 5.14. The van der Waals surface area contributed by atoms with E-state index >= 15 is 0 Å². The zero-order valence-electron chi connectivity index (χ0n) is 9.10. The fraction of sp³-hybridized carbons (Fsp3) is 0.800. The first-order chi connectivity index (χ1) is 7.06. The molecule has 1 aliphatic rings. The van der Waals surface area contributed by atoms with Crippen molar-refractivity contribution in [2.45, 2.75) is 26.3 Å². The van der Waals surface area contributed by atoms with E-state index in [2.05, 4.69) is 0 Å². The maximum Gasteiger partial charge on any atom is 0.308 e. The van der Waals surface area contributed by atoms with Crippen LogP contribution in [0, 0.1) is 5.92 Å². The fourth-order valence-electron chi connectivity index (χ4n) is 1.70. The standard InChI is InChI=1S/C10H17NO4/c1-3-15-6-7(2)11-5-8(10(13)14)4-9(11)12/h7-8H,3-6H2,1-2H3,(H,13,14). The number of hydrogen-bond acceptors (Lipinski definition) is 3. The Labute approximate surface area is 89.0 Å². The molecule has 1 amide bonds. The van der Waals surface area contributed by atoms with Crippen molar-refractivity contribution in [2.75, 3.05) is 19.8 Å². The van der Waals surface area contributed by atoms with Gasteiger partial charge in [-0.05, 0) is 13.8 Å². The lowest BCUT2D eigenvalue weighted by molar-refractivity contribution is -0.141. The molecule has 1 N–H and O–H groups in total. The van der Waals surface area contributed by atoms with Gasteiger partial charge in [-0.15, -0.1) is 0 Å². The van der Waals surface area contributed by atoms with Gasteiger partial charge in [0.15, 0.2) is 0 Å². The maximum absolute atomic E-state index is 11.5. The summed E-state index contributed by atoms with van der Waals surface area (Å²) in [6.07, 6.45) is 0.117. The summed E-state index contributed by atoms with van der Waals surface area (Å²) in [4.78, 5) is 23.8. The summed E-state index contributed by atoms with van der Waals surface area (Å²) in [5, 5.41) is 8.80. The molecule has 2 atom stereocenters. The Hall–Kier alpha value is -1.10. The Kier molecular flexibility index (Phi) is 4.08. The SMILES string of the molecule is CCOCC(C)N1CC(C(=O)O)CC1=O. The van der Waals surface area contributed by atoms with E-state index in [4.69, 9.17) is 9.84 Å². The number of likely N-dealkylation sites (tertiary alicyclic amines) is 1. The minimum absolute atomic E-state index is 0.0400. The highest BCUT2D eigenvalue weighted by atomic mass is 16.5. The molecule has 1 saturated heterocycles. The van der Waals surface area contributed by atoms with E-state index < -0.39 is 11.9 Å². The monoisotopic (exact) mass is 215 g/mol. The lowest BCUT2D eigenvalue weighted by Crippen LogP contribution is -2.38. The average molecular weight is 215 g/mol. The van der Waals surface area contributed by atoms with Crippen molar-refractivity contribution in [1.29, 1.82) is 0 Å². The van der Waals surface area contributed by atoms with E-state index in [0.717, 1.165) is 0 Å². The van der Waals surface area contributed by atoms with Gasteiger partial charge in [0.25, 0.3) is 0 Å². The second kappa shape index (κ2) is 5.11. The number of ether oxygens (including phenoxy) is 1. The quantitative estimate of drug-likeness (QED) is 0.718. The molecule has 1 heterocycles. The van der Waals surface area contributed by atoms with E-state index in [-0.39, 0.29) is 18.4 Å². The van der Waals surface area contributed by atoms with E-state index in [0.29, 0.717) is 19.8 Å². The van der Waals surface area contributed by atoms with Crippen LogP contribution in [0.3, 0.4) is 0 Å². The molecule has 0 radical (unpaired) electrons. The minimum atomic E-state index is -0.894. The topological polar surface area (TPSA) is 66.8 Å². The summed E-state index contributed by atoms with van der Waals surface area (Å²) in [7, 11) is 0.